The van der Waals surface area contributed by atoms with Crippen molar-refractivity contribution >= 4 is 0 Å². The Hall–Kier alpha value is -2.95. The normalized spacial score (nSPS) is 10.4. The number of benzene rings is 1. The Balaban J connectivity index is 2.07. The summed E-state index contributed by atoms with van der Waals surface area (Å²) in [7, 11) is 0. The second-order valence-electron chi connectivity index (χ2n) is 4.27. The van der Waals surface area contributed by atoms with Crippen LogP contribution in [0, 0.1) is 0 Å². The van der Waals surface area contributed by atoms with E-state index in [1.165, 1.54) is 0 Å². The standard InChI is InChI=1S/C15H11N3O2/c19-13-9-17-14(18-15(13)20)11-4-1-3-10(7-11)12-5-2-6-16-8-12/h1-9,19H,(H,17,18,20). The monoisotopic (exact) mass is 265 g/mol. The Labute approximate surface area is 114 Å². The summed E-state index contributed by atoms with van der Waals surface area (Å²) in [6.07, 6.45) is 4.63. The molecule has 0 saturated carbocycles. The Bertz CT molecular complexity index is 797. The van der Waals surface area contributed by atoms with Gasteiger partial charge in [-0.05, 0) is 17.7 Å². The van der Waals surface area contributed by atoms with Crippen molar-refractivity contribution in [2.75, 3.05) is 0 Å². The first-order chi connectivity index (χ1) is 9.74. The van der Waals surface area contributed by atoms with Crippen LogP contribution in [0.5, 0.6) is 5.75 Å². The average Bonchev–Trinajstić information content (AvgIpc) is 2.51. The highest BCUT2D eigenvalue weighted by Gasteiger charge is 2.05. The lowest BCUT2D eigenvalue weighted by Gasteiger charge is -2.05. The Morgan fingerprint density at radius 2 is 1.80 bits per heavy atom. The maximum absolute atomic E-state index is 11.4. The molecule has 2 heterocycles. The van der Waals surface area contributed by atoms with Crippen molar-refractivity contribution < 1.29 is 5.11 Å². The van der Waals surface area contributed by atoms with E-state index in [0.717, 1.165) is 22.9 Å². The number of pyridine rings is 1. The van der Waals surface area contributed by atoms with E-state index in [0.29, 0.717) is 5.82 Å². The quantitative estimate of drug-likeness (QED) is 0.744. The third-order valence-corrected chi connectivity index (χ3v) is 2.91. The van der Waals surface area contributed by atoms with Gasteiger partial charge < -0.3 is 10.1 Å². The molecule has 3 aromatic rings. The highest BCUT2D eigenvalue weighted by atomic mass is 16.3. The van der Waals surface area contributed by atoms with Crippen LogP contribution in [0.1, 0.15) is 0 Å². The van der Waals surface area contributed by atoms with Crippen molar-refractivity contribution in [1.82, 2.24) is 15.0 Å². The van der Waals surface area contributed by atoms with Gasteiger partial charge in [0.25, 0.3) is 5.56 Å². The summed E-state index contributed by atoms with van der Waals surface area (Å²) >= 11 is 0. The molecule has 2 aromatic heterocycles. The van der Waals surface area contributed by atoms with Crippen molar-refractivity contribution in [3.05, 3.63) is 65.3 Å². The molecule has 0 amide bonds. The van der Waals surface area contributed by atoms with Gasteiger partial charge in [-0.25, -0.2) is 4.98 Å². The number of aromatic amines is 1. The van der Waals surface area contributed by atoms with Crippen LogP contribution in [0.4, 0.5) is 0 Å². The van der Waals surface area contributed by atoms with Gasteiger partial charge in [0, 0.05) is 23.5 Å². The van der Waals surface area contributed by atoms with Crippen LogP contribution in [0.15, 0.2) is 59.8 Å². The molecule has 0 bridgehead atoms. The minimum atomic E-state index is -0.554. The van der Waals surface area contributed by atoms with E-state index in [2.05, 4.69) is 15.0 Å². The van der Waals surface area contributed by atoms with Gasteiger partial charge in [-0.2, -0.15) is 0 Å². The Morgan fingerprint density at radius 3 is 2.55 bits per heavy atom. The maximum atomic E-state index is 11.4. The van der Waals surface area contributed by atoms with Crippen molar-refractivity contribution in [3.8, 4) is 28.3 Å². The molecule has 0 aliphatic heterocycles. The third-order valence-electron chi connectivity index (χ3n) is 2.91. The van der Waals surface area contributed by atoms with Crippen molar-refractivity contribution in [1.29, 1.82) is 0 Å². The second kappa shape index (κ2) is 4.97. The first kappa shape index (κ1) is 12.1. The molecular formula is C15H11N3O2. The third kappa shape index (κ3) is 2.29. The predicted molar refractivity (Wildman–Crippen MR) is 75.2 cm³/mol. The summed E-state index contributed by atoms with van der Waals surface area (Å²) in [5, 5.41) is 9.21. The summed E-state index contributed by atoms with van der Waals surface area (Å²) in [5.74, 6) is 0.0238. The minimum absolute atomic E-state index is 0.392. The van der Waals surface area contributed by atoms with Gasteiger partial charge in [0.2, 0.25) is 0 Å². The molecule has 0 saturated heterocycles. The Kier molecular flexibility index (Phi) is 3.01. The lowest BCUT2D eigenvalue weighted by atomic mass is 10.0. The van der Waals surface area contributed by atoms with E-state index in [-0.39, 0.29) is 0 Å². The van der Waals surface area contributed by atoms with Crippen LogP contribution in [0.2, 0.25) is 0 Å². The fourth-order valence-corrected chi connectivity index (χ4v) is 1.91. The number of hydrogen-bond acceptors (Lipinski definition) is 4. The second-order valence-corrected chi connectivity index (χ2v) is 4.27. The highest BCUT2D eigenvalue weighted by Crippen LogP contribution is 2.23. The summed E-state index contributed by atoms with van der Waals surface area (Å²) in [6, 6.07) is 11.4. The molecule has 0 aliphatic rings. The van der Waals surface area contributed by atoms with Crippen molar-refractivity contribution in [3.63, 3.8) is 0 Å². The molecule has 98 valence electrons. The molecule has 0 aliphatic carbocycles. The minimum Gasteiger partial charge on any atom is -0.502 e. The fraction of sp³-hybridized carbons (Fsp3) is 0. The largest absolute Gasteiger partial charge is 0.502 e. The van der Waals surface area contributed by atoms with Gasteiger partial charge in [0.1, 0.15) is 5.82 Å². The molecular weight excluding hydrogens is 254 g/mol. The molecule has 0 fully saturated rings. The van der Waals surface area contributed by atoms with Crippen molar-refractivity contribution in [2.24, 2.45) is 0 Å². The number of hydrogen-bond donors (Lipinski definition) is 2. The first-order valence-corrected chi connectivity index (χ1v) is 6.03. The van der Waals surface area contributed by atoms with Gasteiger partial charge >= 0.3 is 0 Å². The molecule has 5 heteroatoms. The number of rotatable bonds is 2. The summed E-state index contributed by atoms with van der Waals surface area (Å²) in [4.78, 5) is 22.1. The van der Waals surface area contributed by atoms with Gasteiger partial charge in [0.15, 0.2) is 5.75 Å². The van der Waals surface area contributed by atoms with Crippen LogP contribution < -0.4 is 5.56 Å². The van der Waals surface area contributed by atoms with Gasteiger partial charge in [-0.3, -0.25) is 9.78 Å². The fourth-order valence-electron chi connectivity index (χ4n) is 1.91. The number of nitrogens with zero attached hydrogens (tertiary/aromatic N) is 2. The van der Waals surface area contributed by atoms with Gasteiger partial charge in [-0.1, -0.05) is 24.3 Å². The van der Waals surface area contributed by atoms with E-state index in [4.69, 9.17) is 0 Å². The molecule has 0 radical (unpaired) electrons. The van der Waals surface area contributed by atoms with Crippen LogP contribution in [-0.4, -0.2) is 20.1 Å². The van der Waals surface area contributed by atoms with Crippen molar-refractivity contribution in [2.45, 2.75) is 0 Å². The summed E-state index contributed by atoms with van der Waals surface area (Å²) in [6.45, 7) is 0. The molecule has 0 spiro atoms. The van der Waals surface area contributed by atoms with E-state index in [1.807, 2.05) is 36.4 Å². The Morgan fingerprint density at radius 1 is 1.00 bits per heavy atom. The number of aromatic hydroxyl groups is 1. The molecule has 20 heavy (non-hydrogen) atoms. The number of aromatic nitrogens is 3. The van der Waals surface area contributed by atoms with E-state index in [1.54, 1.807) is 12.4 Å². The van der Waals surface area contributed by atoms with Crippen LogP contribution in [0.25, 0.3) is 22.5 Å². The van der Waals surface area contributed by atoms with Crippen LogP contribution in [0.3, 0.4) is 0 Å². The lowest BCUT2D eigenvalue weighted by molar-refractivity contribution is 0.463. The lowest BCUT2D eigenvalue weighted by Crippen LogP contribution is -2.07. The molecule has 3 rings (SSSR count). The van der Waals surface area contributed by atoms with Crippen LogP contribution >= 0.6 is 0 Å². The molecule has 5 nitrogen and oxygen atoms in total. The zero-order valence-corrected chi connectivity index (χ0v) is 10.4. The molecule has 0 atom stereocenters. The van der Waals surface area contributed by atoms with E-state index < -0.39 is 11.3 Å². The summed E-state index contributed by atoms with van der Waals surface area (Å²) in [5.41, 5.74) is 2.17. The van der Waals surface area contributed by atoms with Crippen LogP contribution in [-0.2, 0) is 0 Å². The topological polar surface area (TPSA) is 78.9 Å². The molecule has 2 N–H and O–H groups in total. The zero-order valence-electron chi connectivity index (χ0n) is 10.4. The van der Waals surface area contributed by atoms with E-state index in [9.17, 15) is 9.90 Å². The van der Waals surface area contributed by atoms with Gasteiger partial charge in [0.05, 0.1) is 6.20 Å². The average molecular weight is 265 g/mol. The zero-order chi connectivity index (χ0) is 13.9. The molecule has 1 aromatic carbocycles. The number of H-pyrrole nitrogens is 1. The predicted octanol–water partition coefficient (Wildman–Crippen LogP) is 2.20. The molecule has 0 unspecified atom stereocenters. The SMILES string of the molecule is O=c1[nH]c(-c2cccc(-c3cccnc3)c2)ncc1O. The highest BCUT2D eigenvalue weighted by molar-refractivity contribution is 5.69. The smallest absolute Gasteiger partial charge is 0.293 e. The van der Waals surface area contributed by atoms with Gasteiger partial charge in [-0.15, -0.1) is 0 Å². The van der Waals surface area contributed by atoms with E-state index >= 15 is 0 Å². The maximum Gasteiger partial charge on any atom is 0.293 e. The first-order valence-electron chi connectivity index (χ1n) is 6.03. The number of nitrogens with one attached hydrogen (secondary N) is 1. The summed E-state index contributed by atoms with van der Waals surface area (Å²) < 4.78 is 0.